The molecule has 1 aliphatic rings. The number of carbonyl (C=O) groups excluding carboxylic acids is 1. The molecule has 0 N–H and O–H groups in total. The summed E-state index contributed by atoms with van der Waals surface area (Å²) in [5.74, 6) is -0.713. The Morgan fingerprint density at radius 1 is 1.08 bits per heavy atom. The van der Waals surface area contributed by atoms with Crippen molar-refractivity contribution in [2.75, 3.05) is 6.54 Å². The SMILES string of the molecule is Cc1ccccc1C1c2ccsc2CCN1C(=O)c1ccccc1F. The first-order valence-electron chi connectivity index (χ1n) is 8.34. The number of rotatable bonds is 2. The fraction of sp³-hybridized carbons (Fsp3) is 0.190. The van der Waals surface area contributed by atoms with Crippen molar-refractivity contribution in [1.82, 2.24) is 4.90 Å². The summed E-state index contributed by atoms with van der Waals surface area (Å²) in [6.45, 7) is 2.65. The second-order valence-corrected chi connectivity index (χ2v) is 7.29. The molecule has 0 saturated carbocycles. The average molecular weight is 351 g/mol. The van der Waals surface area contributed by atoms with Gasteiger partial charge in [0.05, 0.1) is 11.6 Å². The normalized spacial score (nSPS) is 16.6. The van der Waals surface area contributed by atoms with Crippen molar-refractivity contribution in [2.24, 2.45) is 0 Å². The minimum absolute atomic E-state index is 0.139. The van der Waals surface area contributed by atoms with Gasteiger partial charge in [0.2, 0.25) is 0 Å². The Morgan fingerprint density at radius 3 is 2.64 bits per heavy atom. The number of thiophene rings is 1. The van der Waals surface area contributed by atoms with Gasteiger partial charge in [0.1, 0.15) is 5.82 Å². The Kier molecular flexibility index (Phi) is 4.14. The zero-order chi connectivity index (χ0) is 17.4. The van der Waals surface area contributed by atoms with E-state index in [9.17, 15) is 9.18 Å². The molecule has 1 aliphatic heterocycles. The van der Waals surface area contributed by atoms with E-state index in [2.05, 4.69) is 30.5 Å². The lowest BCUT2D eigenvalue weighted by atomic mass is 9.90. The van der Waals surface area contributed by atoms with Crippen LogP contribution in [0.25, 0.3) is 0 Å². The minimum Gasteiger partial charge on any atom is -0.327 e. The summed E-state index contributed by atoms with van der Waals surface area (Å²) in [6.07, 6.45) is 0.815. The lowest BCUT2D eigenvalue weighted by Crippen LogP contribution is -2.40. The van der Waals surface area contributed by atoms with Crippen molar-refractivity contribution in [3.63, 3.8) is 0 Å². The molecule has 0 bridgehead atoms. The molecule has 0 saturated heterocycles. The highest BCUT2D eigenvalue weighted by Gasteiger charge is 2.34. The van der Waals surface area contributed by atoms with Gasteiger partial charge in [-0.3, -0.25) is 4.79 Å². The van der Waals surface area contributed by atoms with Gasteiger partial charge < -0.3 is 4.90 Å². The Bertz CT molecular complexity index is 933. The number of hydrogen-bond acceptors (Lipinski definition) is 2. The van der Waals surface area contributed by atoms with Gasteiger partial charge in [-0.2, -0.15) is 0 Å². The molecular weight excluding hydrogens is 333 g/mol. The van der Waals surface area contributed by atoms with Crippen LogP contribution in [0.4, 0.5) is 4.39 Å². The fourth-order valence-electron chi connectivity index (χ4n) is 3.55. The number of benzene rings is 2. The van der Waals surface area contributed by atoms with Crippen LogP contribution in [-0.2, 0) is 6.42 Å². The van der Waals surface area contributed by atoms with Gasteiger partial charge in [-0.05, 0) is 53.6 Å². The number of aryl methyl sites for hydroxylation is 1. The van der Waals surface area contributed by atoms with Gasteiger partial charge >= 0.3 is 0 Å². The van der Waals surface area contributed by atoms with Crippen LogP contribution in [0.1, 0.15) is 38.0 Å². The Labute approximate surface area is 150 Å². The second-order valence-electron chi connectivity index (χ2n) is 6.29. The lowest BCUT2D eigenvalue weighted by molar-refractivity contribution is 0.0691. The third kappa shape index (κ3) is 2.76. The Balaban J connectivity index is 1.83. The molecule has 2 nitrogen and oxygen atoms in total. The van der Waals surface area contributed by atoms with Crippen LogP contribution in [0, 0.1) is 12.7 Å². The van der Waals surface area contributed by atoms with Crippen molar-refractivity contribution in [1.29, 1.82) is 0 Å². The maximum atomic E-state index is 14.2. The van der Waals surface area contributed by atoms with E-state index in [-0.39, 0.29) is 17.5 Å². The summed E-state index contributed by atoms with van der Waals surface area (Å²) < 4.78 is 14.2. The van der Waals surface area contributed by atoms with E-state index in [1.54, 1.807) is 29.5 Å². The monoisotopic (exact) mass is 351 g/mol. The molecule has 4 heteroatoms. The number of halogens is 1. The van der Waals surface area contributed by atoms with Crippen molar-refractivity contribution in [2.45, 2.75) is 19.4 Å². The number of amides is 1. The zero-order valence-electron chi connectivity index (χ0n) is 13.9. The van der Waals surface area contributed by atoms with Crippen LogP contribution >= 0.6 is 11.3 Å². The standard InChI is InChI=1S/C21H18FNOS/c1-14-6-2-3-7-15(14)20-17-11-13-25-19(17)10-12-23(20)21(24)16-8-4-5-9-18(16)22/h2-9,11,13,20H,10,12H2,1H3. The molecule has 1 unspecified atom stereocenters. The first kappa shape index (κ1) is 16.0. The average Bonchev–Trinajstić information content (AvgIpc) is 3.10. The first-order chi connectivity index (χ1) is 12.2. The van der Waals surface area contributed by atoms with Gasteiger partial charge in [-0.25, -0.2) is 4.39 Å². The van der Waals surface area contributed by atoms with E-state index in [0.717, 1.165) is 23.1 Å². The highest BCUT2D eigenvalue weighted by atomic mass is 32.1. The van der Waals surface area contributed by atoms with E-state index >= 15 is 0 Å². The van der Waals surface area contributed by atoms with Gasteiger partial charge in [0, 0.05) is 11.4 Å². The number of carbonyl (C=O) groups is 1. The maximum absolute atomic E-state index is 14.2. The lowest BCUT2D eigenvalue weighted by Gasteiger charge is -2.37. The maximum Gasteiger partial charge on any atom is 0.257 e. The molecule has 0 radical (unpaired) electrons. The molecule has 2 heterocycles. The highest BCUT2D eigenvalue weighted by Crippen LogP contribution is 2.39. The van der Waals surface area contributed by atoms with Crippen LogP contribution in [0.5, 0.6) is 0 Å². The molecular formula is C21H18FNOS. The molecule has 0 aliphatic carbocycles. The van der Waals surface area contributed by atoms with Crippen LogP contribution in [0.3, 0.4) is 0 Å². The van der Waals surface area contributed by atoms with Crippen LogP contribution < -0.4 is 0 Å². The molecule has 1 atom stereocenters. The predicted molar refractivity (Wildman–Crippen MR) is 98.5 cm³/mol. The van der Waals surface area contributed by atoms with Gasteiger partial charge in [-0.1, -0.05) is 36.4 Å². The van der Waals surface area contributed by atoms with Gasteiger partial charge in [-0.15, -0.1) is 11.3 Å². The fourth-order valence-corrected chi connectivity index (χ4v) is 4.46. The molecule has 25 heavy (non-hydrogen) atoms. The topological polar surface area (TPSA) is 20.3 Å². The Morgan fingerprint density at radius 2 is 1.84 bits per heavy atom. The molecule has 0 fully saturated rings. The predicted octanol–water partition coefficient (Wildman–Crippen LogP) is 4.98. The molecule has 3 aromatic rings. The summed E-state index contributed by atoms with van der Waals surface area (Å²) in [4.78, 5) is 16.3. The Hall–Kier alpha value is -2.46. The van der Waals surface area contributed by atoms with Crippen molar-refractivity contribution >= 4 is 17.2 Å². The van der Waals surface area contributed by atoms with E-state index < -0.39 is 5.82 Å². The van der Waals surface area contributed by atoms with E-state index in [4.69, 9.17) is 0 Å². The number of nitrogens with zero attached hydrogens (tertiary/aromatic N) is 1. The minimum atomic E-state index is -0.466. The van der Waals surface area contributed by atoms with Crippen molar-refractivity contribution in [3.8, 4) is 0 Å². The third-order valence-corrected chi connectivity index (χ3v) is 5.81. The van der Waals surface area contributed by atoms with Crippen LogP contribution in [0.15, 0.2) is 60.0 Å². The van der Waals surface area contributed by atoms with E-state index in [1.807, 2.05) is 17.0 Å². The summed E-state index contributed by atoms with van der Waals surface area (Å²) >= 11 is 1.73. The van der Waals surface area contributed by atoms with Crippen molar-refractivity contribution < 1.29 is 9.18 Å². The van der Waals surface area contributed by atoms with Gasteiger partial charge in [0.25, 0.3) is 5.91 Å². The van der Waals surface area contributed by atoms with E-state index in [1.165, 1.54) is 10.9 Å². The zero-order valence-corrected chi connectivity index (χ0v) is 14.7. The molecule has 1 aromatic heterocycles. The highest BCUT2D eigenvalue weighted by molar-refractivity contribution is 7.10. The largest absolute Gasteiger partial charge is 0.327 e. The van der Waals surface area contributed by atoms with Crippen LogP contribution in [0.2, 0.25) is 0 Å². The van der Waals surface area contributed by atoms with Crippen molar-refractivity contribution in [3.05, 3.63) is 92.9 Å². The quantitative estimate of drug-likeness (QED) is 0.637. The molecule has 126 valence electrons. The molecule has 0 spiro atoms. The third-order valence-electron chi connectivity index (χ3n) is 4.81. The van der Waals surface area contributed by atoms with E-state index in [0.29, 0.717) is 6.54 Å². The summed E-state index contributed by atoms with van der Waals surface area (Å²) in [7, 11) is 0. The summed E-state index contributed by atoms with van der Waals surface area (Å²) in [5.41, 5.74) is 3.54. The smallest absolute Gasteiger partial charge is 0.257 e. The second kappa shape index (κ2) is 6.45. The number of hydrogen-bond donors (Lipinski definition) is 0. The van der Waals surface area contributed by atoms with Crippen LogP contribution in [-0.4, -0.2) is 17.4 Å². The van der Waals surface area contributed by atoms with Gasteiger partial charge in [0.15, 0.2) is 0 Å². The summed E-state index contributed by atoms with van der Waals surface area (Å²) in [5, 5.41) is 2.08. The number of fused-ring (bicyclic) bond motifs is 1. The molecule has 2 aromatic carbocycles. The molecule has 1 amide bonds. The molecule has 4 rings (SSSR count). The first-order valence-corrected chi connectivity index (χ1v) is 9.22. The summed E-state index contributed by atoms with van der Waals surface area (Å²) in [6, 6.07) is 16.3.